The molecule has 1 N–H and O–H groups in total. The first-order chi connectivity index (χ1) is 15.0. The summed E-state index contributed by atoms with van der Waals surface area (Å²) in [5, 5.41) is 9.23. The molecule has 2 aromatic heterocycles. The molecule has 0 fully saturated rings. The third kappa shape index (κ3) is 4.77. The van der Waals surface area contributed by atoms with E-state index < -0.39 is 5.97 Å². The summed E-state index contributed by atoms with van der Waals surface area (Å²) in [4.78, 5) is 29.0. The van der Waals surface area contributed by atoms with E-state index in [1.165, 1.54) is 16.7 Å². The Morgan fingerprint density at radius 2 is 1.87 bits per heavy atom. The van der Waals surface area contributed by atoms with Gasteiger partial charge in [-0.25, -0.2) is 9.78 Å². The molecule has 0 spiro atoms. The van der Waals surface area contributed by atoms with Gasteiger partial charge in [0.1, 0.15) is 5.65 Å². The van der Waals surface area contributed by atoms with Gasteiger partial charge in [0.05, 0.1) is 24.5 Å². The van der Waals surface area contributed by atoms with Crippen molar-refractivity contribution >= 4 is 23.8 Å². The first kappa shape index (κ1) is 22.1. The highest BCUT2D eigenvalue weighted by atomic mass is 16.5. The number of nitrogens with zero attached hydrogens (tertiary/aromatic N) is 2. The summed E-state index contributed by atoms with van der Waals surface area (Å²) < 4.78 is 12.8. The number of carboxylic acids is 1. The minimum atomic E-state index is -1.09. The van der Waals surface area contributed by atoms with Gasteiger partial charge in [0, 0.05) is 17.3 Å². The molecule has 0 aliphatic carbocycles. The van der Waals surface area contributed by atoms with Gasteiger partial charge in [-0.1, -0.05) is 25.5 Å². The Balaban J connectivity index is 2.13. The smallest absolute Gasteiger partial charge is 0.337 e. The molecule has 162 valence electrons. The standard InChI is InChI=1S/C24H26N2O5/c1-4-8-18-19(25-21-14-12-17(24(28)29)15-26(21)23(18)27)13-11-16-9-7-10-20(30-5-2)22(16)31-6-3/h7,9-15H,4-6,8H2,1-3H3,(H,28,29). The van der Waals surface area contributed by atoms with Crippen LogP contribution in [0.5, 0.6) is 11.5 Å². The van der Waals surface area contributed by atoms with Crippen molar-refractivity contribution in [2.24, 2.45) is 0 Å². The summed E-state index contributed by atoms with van der Waals surface area (Å²) >= 11 is 0. The van der Waals surface area contributed by atoms with E-state index in [1.807, 2.05) is 45.0 Å². The fourth-order valence-electron chi connectivity index (χ4n) is 3.34. The Labute approximate surface area is 180 Å². The third-order valence-corrected chi connectivity index (χ3v) is 4.71. The second-order valence-corrected chi connectivity index (χ2v) is 6.86. The first-order valence-corrected chi connectivity index (χ1v) is 10.3. The molecular weight excluding hydrogens is 396 g/mol. The Morgan fingerprint density at radius 3 is 2.55 bits per heavy atom. The van der Waals surface area contributed by atoms with Gasteiger partial charge in [-0.15, -0.1) is 0 Å². The predicted molar refractivity (Wildman–Crippen MR) is 120 cm³/mol. The van der Waals surface area contributed by atoms with Crippen LogP contribution in [0, 0.1) is 0 Å². The lowest BCUT2D eigenvalue weighted by atomic mass is 10.1. The highest BCUT2D eigenvalue weighted by molar-refractivity contribution is 5.87. The quantitative estimate of drug-likeness (QED) is 0.553. The van der Waals surface area contributed by atoms with Crippen LogP contribution >= 0.6 is 0 Å². The number of ether oxygens (including phenoxy) is 2. The van der Waals surface area contributed by atoms with E-state index in [2.05, 4.69) is 4.98 Å². The van der Waals surface area contributed by atoms with Crippen LogP contribution in [0.15, 0.2) is 41.3 Å². The lowest BCUT2D eigenvalue weighted by Crippen LogP contribution is -2.22. The molecule has 0 radical (unpaired) electrons. The number of rotatable bonds is 9. The zero-order valence-corrected chi connectivity index (χ0v) is 17.9. The zero-order valence-electron chi connectivity index (χ0n) is 17.9. The number of aromatic nitrogens is 2. The van der Waals surface area contributed by atoms with Gasteiger partial charge in [-0.05, 0) is 50.6 Å². The summed E-state index contributed by atoms with van der Waals surface area (Å²) in [5.74, 6) is 0.212. The van der Waals surface area contributed by atoms with Crippen LogP contribution in [0.25, 0.3) is 17.8 Å². The molecule has 0 saturated heterocycles. The second kappa shape index (κ2) is 9.93. The average Bonchev–Trinajstić information content (AvgIpc) is 2.76. The minimum Gasteiger partial charge on any atom is -0.490 e. The van der Waals surface area contributed by atoms with Gasteiger partial charge in [-0.2, -0.15) is 0 Å². The van der Waals surface area contributed by atoms with Crippen LogP contribution in [0.1, 0.15) is 54.4 Å². The van der Waals surface area contributed by atoms with Crippen molar-refractivity contribution in [3.63, 3.8) is 0 Å². The third-order valence-electron chi connectivity index (χ3n) is 4.71. The predicted octanol–water partition coefficient (Wildman–Crippen LogP) is 4.31. The molecule has 0 amide bonds. The Morgan fingerprint density at radius 1 is 1.10 bits per heavy atom. The maximum absolute atomic E-state index is 13.1. The van der Waals surface area contributed by atoms with Crippen LogP contribution in [0.3, 0.4) is 0 Å². The van der Waals surface area contributed by atoms with E-state index in [0.717, 1.165) is 12.0 Å². The molecule has 0 aliphatic heterocycles. The summed E-state index contributed by atoms with van der Waals surface area (Å²) in [6, 6.07) is 8.64. The van der Waals surface area contributed by atoms with Crippen molar-refractivity contribution < 1.29 is 19.4 Å². The number of para-hydroxylation sites is 1. The minimum absolute atomic E-state index is 0.0382. The maximum atomic E-state index is 13.1. The van der Waals surface area contributed by atoms with E-state index in [4.69, 9.17) is 9.47 Å². The van der Waals surface area contributed by atoms with E-state index >= 15 is 0 Å². The molecule has 0 bridgehead atoms. The number of pyridine rings is 1. The van der Waals surface area contributed by atoms with Gasteiger partial charge >= 0.3 is 5.97 Å². The van der Waals surface area contributed by atoms with Gasteiger partial charge in [0.25, 0.3) is 5.56 Å². The van der Waals surface area contributed by atoms with Crippen LogP contribution in [-0.4, -0.2) is 33.7 Å². The monoisotopic (exact) mass is 422 g/mol. The van der Waals surface area contributed by atoms with Crippen molar-refractivity contribution in [2.75, 3.05) is 13.2 Å². The molecule has 3 aromatic rings. The molecule has 7 nitrogen and oxygen atoms in total. The normalized spacial score (nSPS) is 11.2. The lowest BCUT2D eigenvalue weighted by Gasteiger charge is -2.13. The van der Waals surface area contributed by atoms with Crippen LogP contribution in [0.4, 0.5) is 0 Å². The number of carboxylic acid groups (broad SMARTS) is 1. The molecule has 3 rings (SSSR count). The molecule has 0 unspecified atom stereocenters. The summed E-state index contributed by atoms with van der Waals surface area (Å²) in [5.41, 5.74) is 2.08. The molecule has 0 aliphatic rings. The summed E-state index contributed by atoms with van der Waals surface area (Å²) in [7, 11) is 0. The Bertz CT molecular complexity index is 1180. The molecule has 7 heteroatoms. The topological polar surface area (TPSA) is 90.1 Å². The molecule has 0 atom stereocenters. The largest absolute Gasteiger partial charge is 0.490 e. The van der Waals surface area contributed by atoms with E-state index in [9.17, 15) is 14.7 Å². The Kier molecular flexibility index (Phi) is 7.07. The fraction of sp³-hybridized carbons (Fsp3) is 0.292. The van der Waals surface area contributed by atoms with Gasteiger partial charge in [0.2, 0.25) is 0 Å². The van der Waals surface area contributed by atoms with E-state index in [0.29, 0.717) is 48.0 Å². The van der Waals surface area contributed by atoms with E-state index in [1.54, 1.807) is 12.1 Å². The molecule has 1 aromatic carbocycles. The van der Waals surface area contributed by atoms with Gasteiger partial charge < -0.3 is 14.6 Å². The van der Waals surface area contributed by atoms with E-state index in [-0.39, 0.29) is 11.1 Å². The van der Waals surface area contributed by atoms with Crippen molar-refractivity contribution in [1.82, 2.24) is 9.38 Å². The number of fused-ring (bicyclic) bond motifs is 1. The van der Waals surface area contributed by atoms with Crippen molar-refractivity contribution in [3.8, 4) is 11.5 Å². The number of hydrogen-bond acceptors (Lipinski definition) is 5. The number of hydrogen-bond donors (Lipinski definition) is 1. The fourth-order valence-corrected chi connectivity index (χ4v) is 3.34. The molecule has 2 heterocycles. The van der Waals surface area contributed by atoms with Crippen molar-refractivity contribution in [2.45, 2.75) is 33.6 Å². The second-order valence-electron chi connectivity index (χ2n) is 6.86. The SMILES string of the molecule is CCCc1c(C=Cc2cccc(OCC)c2OCC)nc2ccc(C(=O)O)cn2c1=O. The average molecular weight is 422 g/mol. The zero-order chi connectivity index (χ0) is 22.4. The highest BCUT2D eigenvalue weighted by Gasteiger charge is 2.14. The highest BCUT2D eigenvalue weighted by Crippen LogP contribution is 2.32. The van der Waals surface area contributed by atoms with Crippen LogP contribution in [0.2, 0.25) is 0 Å². The first-order valence-electron chi connectivity index (χ1n) is 10.3. The van der Waals surface area contributed by atoms with Gasteiger partial charge in [0.15, 0.2) is 11.5 Å². The van der Waals surface area contributed by atoms with Gasteiger partial charge in [-0.3, -0.25) is 9.20 Å². The summed E-state index contributed by atoms with van der Waals surface area (Å²) in [6.07, 6.45) is 6.26. The maximum Gasteiger partial charge on any atom is 0.337 e. The number of aromatic carboxylic acids is 1. The number of benzene rings is 1. The van der Waals surface area contributed by atoms with Crippen LogP contribution < -0.4 is 15.0 Å². The summed E-state index contributed by atoms with van der Waals surface area (Å²) in [6.45, 7) is 6.82. The van der Waals surface area contributed by atoms with Crippen molar-refractivity contribution in [1.29, 1.82) is 0 Å². The number of carbonyl (C=O) groups is 1. The lowest BCUT2D eigenvalue weighted by molar-refractivity contribution is 0.0696. The molecular formula is C24H26N2O5. The molecule has 0 saturated carbocycles. The van der Waals surface area contributed by atoms with Crippen molar-refractivity contribution in [3.05, 3.63) is 69.3 Å². The molecule has 31 heavy (non-hydrogen) atoms. The Hall–Kier alpha value is -3.61. The van der Waals surface area contributed by atoms with Crippen LogP contribution in [-0.2, 0) is 6.42 Å².